The molecule has 2 N–H and O–H groups in total. The van der Waals surface area contributed by atoms with Gasteiger partial charge in [0, 0.05) is 12.6 Å². The minimum absolute atomic E-state index is 0.302. The number of aromatic hydroxyl groups is 1. The summed E-state index contributed by atoms with van der Waals surface area (Å²) in [5, 5.41) is 15.2. The van der Waals surface area contributed by atoms with E-state index in [9.17, 15) is 9.90 Å². The van der Waals surface area contributed by atoms with E-state index in [4.69, 9.17) is 11.6 Å². The van der Waals surface area contributed by atoms with E-state index in [1.807, 2.05) is 0 Å². The van der Waals surface area contributed by atoms with Gasteiger partial charge in [-0.3, -0.25) is 9.48 Å². The molecule has 1 aromatic carbocycles. The molecule has 0 atom stereocenters. The Balaban J connectivity index is 2.45. The number of hydrogen-bond donors (Lipinski definition) is 2. The van der Waals surface area contributed by atoms with Crippen molar-refractivity contribution in [2.24, 2.45) is 7.05 Å². The number of aromatic amines is 1. The van der Waals surface area contributed by atoms with Gasteiger partial charge < -0.3 is 10.1 Å². The van der Waals surface area contributed by atoms with Crippen molar-refractivity contribution in [2.75, 3.05) is 0 Å². The molecule has 3 rings (SSSR count). The molecular formula is C14H12ClN3O2. The van der Waals surface area contributed by atoms with Gasteiger partial charge in [-0.15, -0.1) is 0 Å². The summed E-state index contributed by atoms with van der Waals surface area (Å²) in [7, 11) is 1.73. The number of nitrogens with one attached hydrogen (secondary N) is 1. The first-order chi connectivity index (χ1) is 9.50. The number of hydrogen-bond acceptors (Lipinski definition) is 3. The van der Waals surface area contributed by atoms with Gasteiger partial charge in [-0.2, -0.15) is 5.10 Å². The number of halogens is 1. The molecule has 6 heteroatoms. The molecule has 0 saturated heterocycles. The van der Waals surface area contributed by atoms with Crippen molar-refractivity contribution < 1.29 is 5.11 Å². The predicted molar refractivity (Wildman–Crippen MR) is 78.2 cm³/mol. The second-order valence-electron chi connectivity index (χ2n) is 4.59. The summed E-state index contributed by atoms with van der Waals surface area (Å²) >= 11 is 6.12. The SMILES string of the molecule is Cc1nn(C)c2[nH]c(-c3ccccc3Cl)c(O)c(=O)c12. The van der Waals surface area contributed by atoms with Gasteiger partial charge in [-0.05, 0) is 13.0 Å². The molecule has 0 radical (unpaired) electrons. The monoisotopic (exact) mass is 289 g/mol. The highest BCUT2D eigenvalue weighted by Gasteiger charge is 2.18. The zero-order valence-corrected chi connectivity index (χ0v) is 11.7. The molecule has 2 heterocycles. The first-order valence-corrected chi connectivity index (χ1v) is 6.42. The number of H-pyrrole nitrogens is 1. The van der Waals surface area contributed by atoms with Crippen molar-refractivity contribution in [1.82, 2.24) is 14.8 Å². The van der Waals surface area contributed by atoms with E-state index in [1.54, 1.807) is 42.9 Å². The van der Waals surface area contributed by atoms with Gasteiger partial charge in [0.05, 0.1) is 21.8 Å². The van der Waals surface area contributed by atoms with Crippen molar-refractivity contribution in [3.63, 3.8) is 0 Å². The zero-order chi connectivity index (χ0) is 14.4. The van der Waals surface area contributed by atoms with Crippen LogP contribution in [0, 0.1) is 6.92 Å². The summed E-state index contributed by atoms with van der Waals surface area (Å²) < 4.78 is 1.58. The van der Waals surface area contributed by atoms with Gasteiger partial charge in [0.1, 0.15) is 5.65 Å². The van der Waals surface area contributed by atoms with Crippen LogP contribution in [-0.2, 0) is 7.05 Å². The second kappa shape index (κ2) is 4.38. The molecule has 20 heavy (non-hydrogen) atoms. The van der Waals surface area contributed by atoms with Crippen molar-refractivity contribution in [2.45, 2.75) is 6.92 Å². The van der Waals surface area contributed by atoms with E-state index in [0.717, 1.165) is 0 Å². The third kappa shape index (κ3) is 1.71. The second-order valence-corrected chi connectivity index (χ2v) is 5.00. The first-order valence-electron chi connectivity index (χ1n) is 6.04. The van der Waals surface area contributed by atoms with Crippen molar-refractivity contribution in [1.29, 1.82) is 0 Å². The summed E-state index contributed by atoms with van der Waals surface area (Å²) in [6.07, 6.45) is 0. The molecule has 5 nitrogen and oxygen atoms in total. The zero-order valence-electron chi connectivity index (χ0n) is 10.9. The van der Waals surface area contributed by atoms with Crippen molar-refractivity contribution in [3.05, 3.63) is 45.2 Å². The number of pyridine rings is 1. The molecule has 0 spiro atoms. The highest BCUT2D eigenvalue weighted by Crippen LogP contribution is 2.32. The van der Waals surface area contributed by atoms with Gasteiger partial charge in [0.15, 0.2) is 5.75 Å². The molecule has 0 unspecified atom stereocenters. The predicted octanol–water partition coefficient (Wildman–Crippen LogP) is 2.60. The van der Waals surface area contributed by atoms with Gasteiger partial charge >= 0.3 is 0 Å². The van der Waals surface area contributed by atoms with E-state index in [-0.39, 0.29) is 5.75 Å². The summed E-state index contributed by atoms with van der Waals surface area (Å²) in [6, 6.07) is 7.02. The third-order valence-electron chi connectivity index (χ3n) is 3.29. The molecule has 0 fully saturated rings. The summed E-state index contributed by atoms with van der Waals surface area (Å²) in [6.45, 7) is 1.73. The van der Waals surface area contributed by atoms with E-state index in [1.165, 1.54) is 0 Å². The van der Waals surface area contributed by atoms with Crippen LogP contribution in [0.4, 0.5) is 0 Å². The molecule has 0 aliphatic carbocycles. The minimum atomic E-state index is -0.445. The largest absolute Gasteiger partial charge is 0.503 e. The van der Waals surface area contributed by atoms with Gasteiger partial charge in [0.2, 0.25) is 5.43 Å². The Morgan fingerprint density at radius 1 is 1.35 bits per heavy atom. The van der Waals surface area contributed by atoms with Crippen LogP contribution in [0.2, 0.25) is 5.02 Å². The molecule has 0 bridgehead atoms. The maximum atomic E-state index is 12.3. The van der Waals surface area contributed by atoms with E-state index in [2.05, 4.69) is 10.1 Å². The molecule has 0 aliphatic rings. The van der Waals surface area contributed by atoms with Crippen molar-refractivity contribution in [3.8, 4) is 17.0 Å². The van der Waals surface area contributed by atoms with Crippen molar-refractivity contribution >= 4 is 22.6 Å². The number of fused-ring (bicyclic) bond motifs is 1. The number of aryl methyl sites for hydroxylation is 2. The maximum Gasteiger partial charge on any atom is 0.235 e. The Morgan fingerprint density at radius 2 is 2.05 bits per heavy atom. The Kier molecular flexibility index (Phi) is 2.79. The number of benzene rings is 1. The number of rotatable bonds is 1. The topological polar surface area (TPSA) is 70.9 Å². The molecule has 0 aliphatic heterocycles. The molecule has 0 saturated carbocycles. The van der Waals surface area contributed by atoms with Crippen LogP contribution >= 0.6 is 11.6 Å². The molecular weight excluding hydrogens is 278 g/mol. The lowest BCUT2D eigenvalue weighted by Crippen LogP contribution is -2.06. The van der Waals surface area contributed by atoms with E-state index < -0.39 is 5.43 Å². The van der Waals surface area contributed by atoms with Crippen LogP contribution in [0.1, 0.15) is 5.69 Å². The van der Waals surface area contributed by atoms with Crippen LogP contribution in [-0.4, -0.2) is 19.9 Å². The fourth-order valence-corrected chi connectivity index (χ4v) is 2.57. The average molecular weight is 290 g/mol. The normalized spacial score (nSPS) is 11.2. The Hall–Kier alpha value is -2.27. The number of aromatic nitrogens is 3. The van der Waals surface area contributed by atoms with E-state index in [0.29, 0.717) is 33.0 Å². The van der Waals surface area contributed by atoms with Crippen LogP contribution in [0.25, 0.3) is 22.3 Å². The fraction of sp³-hybridized carbons (Fsp3) is 0.143. The number of nitrogens with zero attached hydrogens (tertiary/aromatic N) is 2. The van der Waals surface area contributed by atoms with Gasteiger partial charge in [-0.1, -0.05) is 29.8 Å². The lowest BCUT2D eigenvalue weighted by atomic mass is 10.1. The Bertz CT molecular complexity index is 880. The molecule has 102 valence electrons. The standard InChI is InChI=1S/C14H12ClN3O2/c1-7-10-12(19)13(20)11(16-14(10)18(2)17-7)8-5-3-4-6-9(8)15/h3-6,20H,1-2H3,(H,16,19). The molecule has 0 amide bonds. The highest BCUT2D eigenvalue weighted by molar-refractivity contribution is 6.33. The quantitative estimate of drug-likeness (QED) is 0.723. The van der Waals surface area contributed by atoms with E-state index >= 15 is 0 Å². The van der Waals surface area contributed by atoms with Crippen LogP contribution in [0.5, 0.6) is 5.75 Å². The maximum absolute atomic E-state index is 12.3. The first kappa shape index (κ1) is 12.7. The Labute approximate surface area is 119 Å². The highest BCUT2D eigenvalue weighted by atomic mass is 35.5. The van der Waals surface area contributed by atoms with Crippen LogP contribution in [0.3, 0.4) is 0 Å². The summed E-state index contributed by atoms with van der Waals surface area (Å²) in [5.74, 6) is -0.346. The van der Waals surface area contributed by atoms with Crippen LogP contribution < -0.4 is 5.43 Å². The third-order valence-corrected chi connectivity index (χ3v) is 3.62. The van der Waals surface area contributed by atoms with Gasteiger partial charge in [-0.25, -0.2) is 0 Å². The lowest BCUT2D eigenvalue weighted by Gasteiger charge is -2.07. The molecule has 2 aromatic heterocycles. The summed E-state index contributed by atoms with van der Waals surface area (Å²) in [5.41, 5.74) is 1.56. The fourth-order valence-electron chi connectivity index (χ4n) is 2.34. The minimum Gasteiger partial charge on any atom is -0.503 e. The van der Waals surface area contributed by atoms with Crippen LogP contribution in [0.15, 0.2) is 29.1 Å². The Morgan fingerprint density at radius 3 is 2.75 bits per heavy atom. The average Bonchev–Trinajstić information content (AvgIpc) is 2.69. The molecule has 3 aromatic rings. The van der Waals surface area contributed by atoms with Gasteiger partial charge in [0.25, 0.3) is 0 Å². The lowest BCUT2D eigenvalue weighted by molar-refractivity contribution is 0.471. The summed E-state index contributed by atoms with van der Waals surface area (Å²) in [4.78, 5) is 15.3. The smallest absolute Gasteiger partial charge is 0.235 e.